The van der Waals surface area contributed by atoms with Crippen LogP contribution in [0.15, 0.2) is 4.52 Å². The van der Waals surface area contributed by atoms with E-state index in [4.69, 9.17) is 10.3 Å². The summed E-state index contributed by atoms with van der Waals surface area (Å²) >= 11 is 0. The largest absolute Gasteiger partial charge is 0.339 e. The van der Waals surface area contributed by atoms with E-state index in [-0.39, 0.29) is 11.5 Å². The van der Waals surface area contributed by atoms with Gasteiger partial charge in [-0.25, -0.2) is 0 Å². The highest BCUT2D eigenvalue weighted by molar-refractivity contribution is 5.01. The van der Waals surface area contributed by atoms with E-state index >= 15 is 0 Å². The minimum absolute atomic E-state index is 0.0340. The Bertz CT molecular complexity index is 361. The Morgan fingerprint density at radius 1 is 1.24 bits per heavy atom. The zero-order valence-electron chi connectivity index (χ0n) is 11.1. The highest BCUT2D eigenvalue weighted by Gasteiger charge is 2.28. The standard InChI is InChI=1S/C13H23N3O/c1-13(2,3)10(14)11-15-12(17-16-11)9-7-5-4-6-8-9/h9-10H,4-8,14H2,1-3H3. The molecule has 1 atom stereocenters. The van der Waals surface area contributed by atoms with Crippen molar-refractivity contribution >= 4 is 0 Å². The zero-order valence-corrected chi connectivity index (χ0v) is 11.1. The van der Waals surface area contributed by atoms with Gasteiger partial charge in [-0.2, -0.15) is 4.98 Å². The molecule has 1 saturated carbocycles. The summed E-state index contributed by atoms with van der Waals surface area (Å²) in [5.41, 5.74) is 6.10. The number of rotatable bonds is 2. The highest BCUT2D eigenvalue weighted by Crippen LogP contribution is 2.33. The molecule has 1 unspecified atom stereocenters. The molecule has 1 aromatic rings. The van der Waals surface area contributed by atoms with Gasteiger partial charge in [-0.05, 0) is 18.3 Å². The summed E-state index contributed by atoms with van der Waals surface area (Å²) in [5, 5.41) is 4.05. The summed E-state index contributed by atoms with van der Waals surface area (Å²) in [6, 6.07) is -0.163. The molecule has 17 heavy (non-hydrogen) atoms. The number of hydrogen-bond acceptors (Lipinski definition) is 4. The van der Waals surface area contributed by atoms with Crippen LogP contribution in [0.25, 0.3) is 0 Å². The first-order valence-corrected chi connectivity index (χ1v) is 6.57. The van der Waals surface area contributed by atoms with Crippen molar-refractivity contribution in [3.05, 3.63) is 11.7 Å². The molecule has 0 amide bonds. The third-order valence-electron chi connectivity index (χ3n) is 3.62. The Labute approximate surface area is 103 Å². The Hall–Kier alpha value is -0.900. The smallest absolute Gasteiger partial charge is 0.229 e. The first kappa shape index (κ1) is 12.6. The van der Waals surface area contributed by atoms with E-state index in [1.165, 1.54) is 32.1 Å². The van der Waals surface area contributed by atoms with Crippen LogP contribution in [-0.4, -0.2) is 10.1 Å². The minimum atomic E-state index is -0.163. The third-order valence-corrected chi connectivity index (χ3v) is 3.62. The topological polar surface area (TPSA) is 64.9 Å². The minimum Gasteiger partial charge on any atom is -0.339 e. The Balaban J connectivity index is 2.10. The molecule has 1 heterocycles. The molecular formula is C13H23N3O. The molecule has 0 spiro atoms. The fourth-order valence-electron chi connectivity index (χ4n) is 2.28. The molecule has 2 rings (SSSR count). The first-order valence-electron chi connectivity index (χ1n) is 6.57. The van der Waals surface area contributed by atoms with E-state index in [0.717, 1.165) is 5.89 Å². The van der Waals surface area contributed by atoms with Gasteiger partial charge in [-0.3, -0.25) is 0 Å². The van der Waals surface area contributed by atoms with Crippen LogP contribution in [0.3, 0.4) is 0 Å². The average Bonchev–Trinajstić information content (AvgIpc) is 2.77. The fourth-order valence-corrected chi connectivity index (χ4v) is 2.28. The summed E-state index contributed by atoms with van der Waals surface area (Å²) in [5.74, 6) is 1.90. The normalized spacial score (nSPS) is 20.5. The van der Waals surface area contributed by atoms with Crippen LogP contribution in [0.2, 0.25) is 0 Å². The molecular weight excluding hydrogens is 214 g/mol. The molecule has 0 aromatic carbocycles. The van der Waals surface area contributed by atoms with Gasteiger partial charge in [0.15, 0.2) is 5.82 Å². The molecule has 1 fully saturated rings. The van der Waals surface area contributed by atoms with Crippen molar-refractivity contribution in [3.8, 4) is 0 Å². The van der Waals surface area contributed by atoms with Crippen LogP contribution >= 0.6 is 0 Å². The van der Waals surface area contributed by atoms with E-state index < -0.39 is 0 Å². The van der Waals surface area contributed by atoms with Gasteiger partial charge in [0, 0.05) is 5.92 Å². The van der Waals surface area contributed by atoms with Gasteiger partial charge < -0.3 is 10.3 Å². The maximum absolute atomic E-state index is 6.13. The van der Waals surface area contributed by atoms with Crippen molar-refractivity contribution < 1.29 is 4.52 Å². The van der Waals surface area contributed by atoms with Gasteiger partial charge in [0.2, 0.25) is 5.89 Å². The lowest BCUT2D eigenvalue weighted by molar-refractivity contribution is 0.290. The molecule has 0 radical (unpaired) electrons. The summed E-state index contributed by atoms with van der Waals surface area (Å²) < 4.78 is 5.38. The second kappa shape index (κ2) is 4.77. The second-order valence-corrected chi connectivity index (χ2v) is 6.17. The molecule has 4 nitrogen and oxygen atoms in total. The van der Waals surface area contributed by atoms with Crippen LogP contribution in [-0.2, 0) is 0 Å². The van der Waals surface area contributed by atoms with Gasteiger partial charge in [-0.15, -0.1) is 0 Å². The lowest BCUT2D eigenvalue weighted by atomic mass is 9.87. The first-order chi connectivity index (χ1) is 7.98. The summed E-state index contributed by atoms with van der Waals surface area (Å²) in [6.45, 7) is 6.27. The van der Waals surface area contributed by atoms with Crippen LogP contribution in [0.1, 0.15) is 76.6 Å². The molecule has 2 N–H and O–H groups in total. The maximum atomic E-state index is 6.13. The van der Waals surface area contributed by atoms with Gasteiger partial charge in [0.25, 0.3) is 0 Å². The molecule has 0 bridgehead atoms. The Morgan fingerprint density at radius 2 is 1.88 bits per heavy atom. The third kappa shape index (κ3) is 2.86. The van der Waals surface area contributed by atoms with Gasteiger partial charge in [0.05, 0.1) is 6.04 Å². The van der Waals surface area contributed by atoms with Crippen molar-refractivity contribution in [2.45, 2.75) is 64.8 Å². The molecule has 96 valence electrons. The number of nitrogens with zero attached hydrogens (tertiary/aromatic N) is 2. The molecule has 4 heteroatoms. The molecule has 1 aliphatic rings. The second-order valence-electron chi connectivity index (χ2n) is 6.17. The van der Waals surface area contributed by atoms with Gasteiger partial charge >= 0.3 is 0 Å². The lowest BCUT2D eigenvalue weighted by Gasteiger charge is -2.23. The zero-order chi connectivity index (χ0) is 12.5. The van der Waals surface area contributed by atoms with E-state index in [9.17, 15) is 0 Å². The van der Waals surface area contributed by atoms with E-state index in [1.807, 2.05) is 0 Å². The van der Waals surface area contributed by atoms with Crippen molar-refractivity contribution in [3.63, 3.8) is 0 Å². The predicted molar refractivity (Wildman–Crippen MR) is 66.5 cm³/mol. The fraction of sp³-hybridized carbons (Fsp3) is 0.846. The number of aromatic nitrogens is 2. The van der Waals surface area contributed by atoms with Crippen molar-refractivity contribution in [1.29, 1.82) is 0 Å². The van der Waals surface area contributed by atoms with Crippen molar-refractivity contribution in [1.82, 2.24) is 10.1 Å². The number of nitrogens with two attached hydrogens (primary N) is 1. The van der Waals surface area contributed by atoms with Gasteiger partial charge in [-0.1, -0.05) is 45.2 Å². The van der Waals surface area contributed by atoms with Crippen LogP contribution in [0.5, 0.6) is 0 Å². The van der Waals surface area contributed by atoms with Crippen LogP contribution < -0.4 is 5.73 Å². The van der Waals surface area contributed by atoms with E-state index in [2.05, 4.69) is 30.9 Å². The van der Waals surface area contributed by atoms with Crippen molar-refractivity contribution in [2.24, 2.45) is 11.1 Å². The molecule has 0 saturated heterocycles. The SMILES string of the molecule is CC(C)(C)C(N)c1noc(C2CCCCC2)n1. The van der Waals surface area contributed by atoms with Crippen LogP contribution in [0.4, 0.5) is 0 Å². The van der Waals surface area contributed by atoms with E-state index in [0.29, 0.717) is 11.7 Å². The monoisotopic (exact) mass is 237 g/mol. The summed E-state index contributed by atoms with van der Waals surface area (Å²) in [6.07, 6.45) is 6.22. The predicted octanol–water partition coefficient (Wildman–Crippen LogP) is 3.16. The van der Waals surface area contributed by atoms with E-state index in [1.54, 1.807) is 0 Å². The molecule has 1 aromatic heterocycles. The summed E-state index contributed by atoms with van der Waals surface area (Å²) in [4.78, 5) is 4.50. The maximum Gasteiger partial charge on any atom is 0.229 e. The van der Waals surface area contributed by atoms with Crippen LogP contribution in [0, 0.1) is 5.41 Å². The quantitative estimate of drug-likeness (QED) is 0.858. The van der Waals surface area contributed by atoms with Crippen molar-refractivity contribution in [2.75, 3.05) is 0 Å². The highest BCUT2D eigenvalue weighted by atomic mass is 16.5. The molecule has 1 aliphatic carbocycles. The lowest BCUT2D eigenvalue weighted by Crippen LogP contribution is -2.27. The number of hydrogen-bond donors (Lipinski definition) is 1. The summed E-state index contributed by atoms with van der Waals surface area (Å²) in [7, 11) is 0. The Morgan fingerprint density at radius 3 is 2.47 bits per heavy atom. The van der Waals surface area contributed by atoms with Gasteiger partial charge in [0.1, 0.15) is 0 Å². The average molecular weight is 237 g/mol. The Kier molecular flexibility index (Phi) is 3.52. The molecule has 0 aliphatic heterocycles.